The van der Waals surface area contributed by atoms with Gasteiger partial charge >= 0.3 is 0 Å². The highest BCUT2D eigenvalue weighted by molar-refractivity contribution is 4.91. The molecule has 0 amide bonds. The zero-order chi connectivity index (χ0) is 10.0. The fraction of sp³-hybridized carbons (Fsp3) is 1.00. The van der Waals surface area contributed by atoms with Crippen molar-refractivity contribution in [2.24, 2.45) is 0 Å². The van der Waals surface area contributed by atoms with Crippen molar-refractivity contribution in [2.75, 3.05) is 27.8 Å². The highest BCUT2D eigenvalue weighted by atomic mass is 16.7. The normalized spacial score (nSPS) is 40.2. The smallest absolute Gasteiger partial charge is 0.185 e. The molecule has 4 atom stereocenters. The van der Waals surface area contributed by atoms with E-state index in [4.69, 9.17) is 14.6 Å². The Bertz CT molecular complexity index is 162. The molecule has 1 fully saturated rings. The lowest BCUT2D eigenvalue weighted by Gasteiger charge is -2.25. The van der Waals surface area contributed by atoms with Crippen LogP contribution in [0.15, 0.2) is 0 Å². The summed E-state index contributed by atoms with van der Waals surface area (Å²) in [5, 5.41) is 18.7. The van der Waals surface area contributed by atoms with E-state index in [9.17, 15) is 5.11 Å². The van der Waals surface area contributed by atoms with Crippen molar-refractivity contribution >= 4 is 0 Å². The second kappa shape index (κ2) is 4.34. The van der Waals surface area contributed by atoms with E-state index in [1.54, 1.807) is 0 Å². The molecule has 1 aliphatic heterocycles. The van der Waals surface area contributed by atoms with E-state index in [1.807, 2.05) is 19.0 Å². The predicted octanol–water partition coefficient (Wildman–Crippen LogP) is -1.36. The van der Waals surface area contributed by atoms with Gasteiger partial charge in [0.1, 0.15) is 12.2 Å². The van der Waals surface area contributed by atoms with E-state index in [0.29, 0.717) is 0 Å². The van der Waals surface area contributed by atoms with Crippen molar-refractivity contribution in [3.8, 4) is 0 Å². The zero-order valence-corrected chi connectivity index (χ0v) is 8.17. The molecule has 0 aromatic carbocycles. The number of nitrogens with zero attached hydrogens (tertiary/aromatic N) is 1. The van der Waals surface area contributed by atoms with Crippen molar-refractivity contribution in [3.63, 3.8) is 0 Å². The average Bonchev–Trinajstić information content (AvgIpc) is 2.41. The lowest BCUT2D eigenvalue weighted by molar-refractivity contribution is -0.153. The molecule has 78 valence electrons. The van der Waals surface area contributed by atoms with Gasteiger partial charge in [-0.1, -0.05) is 0 Å². The molecule has 2 N–H and O–H groups in total. The van der Waals surface area contributed by atoms with Gasteiger partial charge in [-0.2, -0.15) is 0 Å². The first-order chi connectivity index (χ1) is 6.11. The average molecular weight is 191 g/mol. The summed E-state index contributed by atoms with van der Waals surface area (Å²) in [5.41, 5.74) is 0. The monoisotopic (exact) mass is 191 g/mol. The Morgan fingerprint density at radius 2 is 2.08 bits per heavy atom. The van der Waals surface area contributed by atoms with Crippen LogP contribution in [-0.2, 0) is 9.47 Å². The van der Waals surface area contributed by atoms with Gasteiger partial charge in [-0.3, -0.25) is 0 Å². The summed E-state index contributed by atoms with van der Waals surface area (Å²) in [7, 11) is 5.14. The molecule has 0 saturated carbocycles. The highest BCUT2D eigenvalue weighted by Crippen LogP contribution is 2.24. The number of rotatable bonds is 3. The van der Waals surface area contributed by atoms with Gasteiger partial charge < -0.3 is 24.6 Å². The first kappa shape index (κ1) is 10.9. The SMILES string of the molecule is CO[C@@H]1O[C@H](CO)[C@@H](N(C)C)[C@@H]1O. The Morgan fingerprint density at radius 3 is 2.38 bits per heavy atom. The molecule has 1 heterocycles. The highest BCUT2D eigenvalue weighted by Gasteiger charge is 2.44. The maximum Gasteiger partial charge on any atom is 0.185 e. The van der Waals surface area contributed by atoms with E-state index in [1.165, 1.54) is 7.11 Å². The topological polar surface area (TPSA) is 62.2 Å². The number of aliphatic hydroxyl groups is 2. The summed E-state index contributed by atoms with van der Waals surface area (Å²) >= 11 is 0. The molecular formula is C8H17NO4. The molecule has 0 unspecified atom stereocenters. The van der Waals surface area contributed by atoms with Crippen LogP contribution in [0.4, 0.5) is 0 Å². The molecule has 0 bridgehead atoms. The van der Waals surface area contributed by atoms with Crippen LogP contribution >= 0.6 is 0 Å². The molecule has 0 spiro atoms. The molecule has 1 saturated heterocycles. The first-order valence-corrected chi connectivity index (χ1v) is 4.25. The maximum absolute atomic E-state index is 9.72. The summed E-state index contributed by atoms with van der Waals surface area (Å²) in [4.78, 5) is 1.82. The fourth-order valence-corrected chi connectivity index (χ4v) is 1.70. The summed E-state index contributed by atoms with van der Waals surface area (Å²) in [6, 6.07) is -0.213. The van der Waals surface area contributed by atoms with Crippen LogP contribution in [0.2, 0.25) is 0 Å². The minimum Gasteiger partial charge on any atom is -0.394 e. The van der Waals surface area contributed by atoms with Gasteiger partial charge in [0.2, 0.25) is 0 Å². The minimum absolute atomic E-state index is 0.111. The van der Waals surface area contributed by atoms with E-state index in [-0.39, 0.29) is 18.8 Å². The van der Waals surface area contributed by atoms with Gasteiger partial charge in [-0.15, -0.1) is 0 Å². The fourth-order valence-electron chi connectivity index (χ4n) is 1.70. The lowest BCUT2D eigenvalue weighted by Crippen LogP contribution is -2.45. The van der Waals surface area contributed by atoms with Gasteiger partial charge in [0.25, 0.3) is 0 Å². The molecule has 13 heavy (non-hydrogen) atoms. The first-order valence-electron chi connectivity index (χ1n) is 4.25. The van der Waals surface area contributed by atoms with Crippen LogP contribution in [0, 0.1) is 0 Å². The van der Waals surface area contributed by atoms with Crippen LogP contribution in [-0.4, -0.2) is 67.5 Å². The number of ether oxygens (including phenoxy) is 2. The van der Waals surface area contributed by atoms with Crippen LogP contribution in [0.25, 0.3) is 0 Å². The molecule has 0 aromatic rings. The van der Waals surface area contributed by atoms with E-state index in [2.05, 4.69) is 0 Å². The lowest BCUT2D eigenvalue weighted by atomic mass is 10.1. The van der Waals surface area contributed by atoms with Crippen LogP contribution in [0.5, 0.6) is 0 Å². The van der Waals surface area contributed by atoms with Crippen molar-refractivity contribution in [3.05, 3.63) is 0 Å². The molecule has 0 radical (unpaired) electrons. The quantitative estimate of drug-likeness (QED) is 0.577. The summed E-state index contributed by atoms with van der Waals surface area (Å²) < 4.78 is 10.2. The third-order valence-electron chi connectivity index (χ3n) is 2.33. The molecule has 0 aromatic heterocycles. The molecule has 5 heteroatoms. The Balaban J connectivity index is 2.68. The molecule has 1 rings (SSSR count). The standard InChI is InChI=1S/C8H17NO4/c1-9(2)6-5(4-10)13-8(12-3)7(6)11/h5-8,10-11H,4H2,1-3H3/t5-,6-,7+,8-/m1/s1. The Hall–Kier alpha value is -0.200. The number of aliphatic hydroxyl groups excluding tert-OH is 2. The van der Waals surface area contributed by atoms with Crippen molar-refractivity contribution < 1.29 is 19.7 Å². The number of likely N-dealkylation sites (N-methyl/N-ethyl adjacent to an activating group) is 1. The van der Waals surface area contributed by atoms with Crippen LogP contribution in [0.3, 0.4) is 0 Å². The van der Waals surface area contributed by atoms with E-state index in [0.717, 1.165) is 0 Å². The molecule has 1 aliphatic rings. The largest absolute Gasteiger partial charge is 0.394 e. The second-order valence-corrected chi connectivity index (χ2v) is 3.41. The van der Waals surface area contributed by atoms with Gasteiger partial charge in [0.15, 0.2) is 6.29 Å². The maximum atomic E-state index is 9.72. The third-order valence-corrected chi connectivity index (χ3v) is 2.33. The molecular weight excluding hydrogens is 174 g/mol. The van der Waals surface area contributed by atoms with Crippen molar-refractivity contribution in [1.82, 2.24) is 4.90 Å². The van der Waals surface area contributed by atoms with Crippen LogP contribution in [0.1, 0.15) is 0 Å². The Kier molecular flexibility index (Phi) is 3.63. The Morgan fingerprint density at radius 1 is 1.46 bits per heavy atom. The third kappa shape index (κ3) is 2.00. The number of hydrogen-bond donors (Lipinski definition) is 2. The van der Waals surface area contributed by atoms with Crippen LogP contribution < -0.4 is 0 Å². The summed E-state index contributed by atoms with van der Waals surface area (Å²) in [6.07, 6.45) is -1.73. The Labute approximate surface area is 77.9 Å². The number of methoxy groups -OCH3 is 1. The summed E-state index contributed by atoms with van der Waals surface area (Å²) in [6.45, 7) is -0.111. The van der Waals surface area contributed by atoms with Gasteiger partial charge in [-0.25, -0.2) is 0 Å². The number of hydrogen-bond acceptors (Lipinski definition) is 5. The molecule has 0 aliphatic carbocycles. The molecule has 5 nitrogen and oxygen atoms in total. The van der Waals surface area contributed by atoms with E-state index >= 15 is 0 Å². The van der Waals surface area contributed by atoms with Gasteiger partial charge in [-0.05, 0) is 14.1 Å². The summed E-state index contributed by atoms with van der Waals surface area (Å²) in [5.74, 6) is 0. The van der Waals surface area contributed by atoms with Crippen molar-refractivity contribution in [1.29, 1.82) is 0 Å². The van der Waals surface area contributed by atoms with Gasteiger partial charge in [0, 0.05) is 7.11 Å². The minimum atomic E-state index is -0.711. The van der Waals surface area contributed by atoms with Gasteiger partial charge in [0.05, 0.1) is 12.6 Å². The second-order valence-electron chi connectivity index (χ2n) is 3.41. The van der Waals surface area contributed by atoms with E-state index < -0.39 is 12.4 Å². The van der Waals surface area contributed by atoms with Crippen molar-refractivity contribution in [2.45, 2.75) is 24.5 Å². The zero-order valence-electron chi connectivity index (χ0n) is 8.17. The predicted molar refractivity (Wildman–Crippen MR) is 46.2 cm³/mol.